The van der Waals surface area contributed by atoms with Gasteiger partial charge in [-0.15, -0.1) is 0 Å². The van der Waals surface area contributed by atoms with Crippen LogP contribution in [0.15, 0.2) is 42.5 Å². The Balaban J connectivity index is 2.02. The lowest BCUT2D eigenvalue weighted by molar-refractivity contribution is -0.384. The van der Waals surface area contributed by atoms with Gasteiger partial charge in [-0.1, -0.05) is 12.1 Å². The summed E-state index contributed by atoms with van der Waals surface area (Å²) in [5.74, 6) is 0.344. The molecule has 2 rings (SSSR count). The van der Waals surface area contributed by atoms with Gasteiger partial charge < -0.3 is 10.1 Å². The minimum absolute atomic E-state index is 0.0253. The molecule has 0 saturated heterocycles. The van der Waals surface area contributed by atoms with Crippen LogP contribution in [0.5, 0.6) is 5.75 Å². The number of benzene rings is 2. The Morgan fingerprint density at radius 2 is 1.83 bits per heavy atom. The fourth-order valence-corrected chi connectivity index (χ4v) is 2.01. The van der Waals surface area contributed by atoms with E-state index in [1.165, 1.54) is 24.3 Å². The van der Waals surface area contributed by atoms with E-state index < -0.39 is 11.0 Å². The van der Waals surface area contributed by atoms with Crippen molar-refractivity contribution in [3.8, 4) is 5.75 Å². The molecule has 23 heavy (non-hydrogen) atoms. The number of nitro groups is 1. The Hall–Kier alpha value is -2.89. The van der Waals surface area contributed by atoms with Crippen molar-refractivity contribution in [3.05, 3.63) is 63.7 Å². The predicted molar refractivity (Wildman–Crippen MR) is 87.7 cm³/mol. The number of ether oxygens (including phenoxy) is 1. The van der Waals surface area contributed by atoms with E-state index in [9.17, 15) is 14.9 Å². The highest BCUT2D eigenvalue weighted by atomic mass is 16.6. The SMILES string of the molecule is Cc1cccc(O[C@H](C)C(=O)Nc2ccc([N+](=O)[O-])cc2)c1C. The van der Waals surface area contributed by atoms with Crippen molar-refractivity contribution < 1.29 is 14.5 Å². The molecular formula is C17H18N2O4. The van der Waals surface area contributed by atoms with E-state index in [0.29, 0.717) is 11.4 Å². The summed E-state index contributed by atoms with van der Waals surface area (Å²) in [6, 6.07) is 11.3. The third-order valence-corrected chi connectivity index (χ3v) is 3.57. The Morgan fingerprint density at radius 3 is 2.43 bits per heavy atom. The van der Waals surface area contributed by atoms with E-state index in [0.717, 1.165) is 11.1 Å². The predicted octanol–water partition coefficient (Wildman–Crippen LogP) is 3.62. The summed E-state index contributed by atoms with van der Waals surface area (Å²) < 4.78 is 5.70. The third kappa shape index (κ3) is 4.06. The van der Waals surface area contributed by atoms with Crippen molar-refractivity contribution in [3.63, 3.8) is 0 Å². The minimum atomic E-state index is -0.689. The fourth-order valence-electron chi connectivity index (χ4n) is 2.01. The van der Waals surface area contributed by atoms with Crippen LogP contribution >= 0.6 is 0 Å². The molecule has 120 valence electrons. The Kier molecular flexibility index (Phi) is 4.95. The van der Waals surface area contributed by atoms with Gasteiger partial charge in [0.25, 0.3) is 11.6 Å². The van der Waals surface area contributed by atoms with E-state index in [1.807, 2.05) is 32.0 Å². The molecular weight excluding hydrogens is 296 g/mol. The van der Waals surface area contributed by atoms with Gasteiger partial charge >= 0.3 is 0 Å². The van der Waals surface area contributed by atoms with E-state index >= 15 is 0 Å². The summed E-state index contributed by atoms with van der Waals surface area (Å²) in [5, 5.41) is 13.3. The first kappa shape index (κ1) is 16.5. The maximum Gasteiger partial charge on any atom is 0.269 e. The maximum atomic E-state index is 12.2. The molecule has 0 radical (unpaired) electrons. The number of anilines is 1. The molecule has 0 aromatic heterocycles. The summed E-state index contributed by atoms with van der Waals surface area (Å²) in [6.45, 7) is 5.57. The van der Waals surface area contributed by atoms with Crippen molar-refractivity contribution in [2.45, 2.75) is 26.9 Å². The van der Waals surface area contributed by atoms with Crippen LogP contribution in [0.25, 0.3) is 0 Å². The van der Waals surface area contributed by atoms with Crippen molar-refractivity contribution in [2.75, 3.05) is 5.32 Å². The number of carbonyl (C=O) groups excluding carboxylic acids is 1. The highest BCUT2D eigenvalue weighted by Gasteiger charge is 2.16. The number of nitro benzene ring substituents is 1. The second-order valence-corrected chi connectivity index (χ2v) is 5.25. The molecule has 2 aromatic carbocycles. The molecule has 0 bridgehead atoms. The van der Waals surface area contributed by atoms with Gasteiger partial charge in [-0.25, -0.2) is 0 Å². The number of hydrogen-bond acceptors (Lipinski definition) is 4. The van der Waals surface area contributed by atoms with Gasteiger partial charge in [0.2, 0.25) is 0 Å². The lowest BCUT2D eigenvalue weighted by Crippen LogP contribution is -2.30. The van der Waals surface area contributed by atoms with E-state index in [4.69, 9.17) is 4.74 Å². The van der Waals surface area contributed by atoms with Gasteiger partial charge in [0.1, 0.15) is 5.75 Å². The van der Waals surface area contributed by atoms with E-state index in [2.05, 4.69) is 5.32 Å². The highest BCUT2D eigenvalue weighted by Crippen LogP contribution is 2.22. The number of carbonyl (C=O) groups is 1. The number of non-ortho nitro benzene ring substituents is 1. The highest BCUT2D eigenvalue weighted by molar-refractivity contribution is 5.94. The van der Waals surface area contributed by atoms with Crippen molar-refractivity contribution >= 4 is 17.3 Å². The second kappa shape index (κ2) is 6.91. The molecule has 0 aliphatic rings. The van der Waals surface area contributed by atoms with Crippen LogP contribution in [0.2, 0.25) is 0 Å². The van der Waals surface area contributed by atoms with Gasteiger partial charge in [-0.05, 0) is 50.1 Å². The fraction of sp³-hybridized carbons (Fsp3) is 0.235. The largest absolute Gasteiger partial charge is 0.481 e. The summed E-state index contributed by atoms with van der Waals surface area (Å²) in [4.78, 5) is 22.3. The zero-order valence-corrected chi connectivity index (χ0v) is 13.2. The van der Waals surface area contributed by atoms with Gasteiger partial charge in [0.05, 0.1) is 4.92 Å². The number of amides is 1. The van der Waals surface area contributed by atoms with Crippen LogP contribution in [-0.4, -0.2) is 16.9 Å². The molecule has 0 heterocycles. The zero-order valence-electron chi connectivity index (χ0n) is 13.2. The molecule has 0 aliphatic heterocycles. The molecule has 0 unspecified atom stereocenters. The summed E-state index contributed by atoms with van der Waals surface area (Å²) >= 11 is 0. The molecule has 0 saturated carbocycles. The summed E-state index contributed by atoms with van der Waals surface area (Å²) in [7, 11) is 0. The van der Waals surface area contributed by atoms with Crippen LogP contribution in [0.1, 0.15) is 18.1 Å². The van der Waals surface area contributed by atoms with Gasteiger partial charge in [0.15, 0.2) is 6.10 Å². The van der Waals surface area contributed by atoms with Gasteiger partial charge in [0, 0.05) is 17.8 Å². The first-order valence-electron chi connectivity index (χ1n) is 7.16. The molecule has 1 amide bonds. The minimum Gasteiger partial charge on any atom is -0.481 e. The monoisotopic (exact) mass is 314 g/mol. The van der Waals surface area contributed by atoms with Crippen molar-refractivity contribution in [1.29, 1.82) is 0 Å². The van der Waals surface area contributed by atoms with Crippen molar-refractivity contribution in [1.82, 2.24) is 0 Å². The first-order chi connectivity index (χ1) is 10.9. The first-order valence-corrected chi connectivity index (χ1v) is 7.16. The zero-order chi connectivity index (χ0) is 17.0. The molecule has 0 spiro atoms. The van der Waals surface area contributed by atoms with Crippen LogP contribution in [0.3, 0.4) is 0 Å². The maximum absolute atomic E-state index is 12.2. The number of rotatable bonds is 5. The Bertz CT molecular complexity index is 726. The number of aryl methyl sites for hydroxylation is 1. The number of hydrogen-bond donors (Lipinski definition) is 1. The van der Waals surface area contributed by atoms with Gasteiger partial charge in [-0.2, -0.15) is 0 Å². The van der Waals surface area contributed by atoms with E-state index in [1.54, 1.807) is 6.92 Å². The van der Waals surface area contributed by atoms with Crippen LogP contribution in [0.4, 0.5) is 11.4 Å². The molecule has 6 nitrogen and oxygen atoms in total. The molecule has 0 fully saturated rings. The molecule has 1 N–H and O–H groups in total. The lowest BCUT2D eigenvalue weighted by atomic mass is 10.1. The number of nitrogens with zero attached hydrogens (tertiary/aromatic N) is 1. The van der Waals surface area contributed by atoms with Crippen LogP contribution in [0, 0.1) is 24.0 Å². The van der Waals surface area contributed by atoms with Crippen LogP contribution in [-0.2, 0) is 4.79 Å². The Labute approximate surface area is 134 Å². The smallest absolute Gasteiger partial charge is 0.269 e. The Morgan fingerprint density at radius 1 is 1.17 bits per heavy atom. The topological polar surface area (TPSA) is 81.5 Å². The standard InChI is InChI=1S/C17H18N2O4/c1-11-5-4-6-16(12(11)2)23-13(3)17(20)18-14-7-9-15(10-8-14)19(21)22/h4-10,13H,1-3H3,(H,18,20)/t13-/m1/s1. The molecule has 1 atom stereocenters. The molecule has 2 aromatic rings. The summed E-state index contributed by atoms with van der Waals surface area (Å²) in [6.07, 6.45) is -0.689. The number of nitrogens with one attached hydrogen (secondary N) is 1. The van der Waals surface area contributed by atoms with Crippen LogP contribution < -0.4 is 10.1 Å². The van der Waals surface area contributed by atoms with E-state index in [-0.39, 0.29) is 11.6 Å². The average Bonchev–Trinajstić information content (AvgIpc) is 2.52. The third-order valence-electron chi connectivity index (χ3n) is 3.57. The lowest BCUT2D eigenvalue weighted by Gasteiger charge is -2.17. The molecule has 0 aliphatic carbocycles. The molecule has 6 heteroatoms. The van der Waals surface area contributed by atoms with Crippen molar-refractivity contribution in [2.24, 2.45) is 0 Å². The average molecular weight is 314 g/mol. The second-order valence-electron chi connectivity index (χ2n) is 5.25. The quantitative estimate of drug-likeness (QED) is 0.675. The summed E-state index contributed by atoms with van der Waals surface area (Å²) in [5.41, 5.74) is 2.53. The van der Waals surface area contributed by atoms with Gasteiger partial charge in [-0.3, -0.25) is 14.9 Å². The normalized spacial score (nSPS) is 11.6.